The summed E-state index contributed by atoms with van der Waals surface area (Å²) in [6, 6.07) is 13.1. The van der Waals surface area contributed by atoms with Gasteiger partial charge in [0, 0.05) is 36.9 Å². The predicted molar refractivity (Wildman–Crippen MR) is 107 cm³/mol. The first-order chi connectivity index (χ1) is 12.6. The van der Waals surface area contributed by atoms with E-state index < -0.39 is 0 Å². The fourth-order valence-corrected chi connectivity index (χ4v) is 3.91. The number of aryl methyl sites for hydroxylation is 1. The van der Waals surface area contributed by atoms with Crippen molar-refractivity contribution in [3.8, 4) is 0 Å². The minimum atomic E-state index is 0.266. The van der Waals surface area contributed by atoms with Gasteiger partial charge in [0.15, 0.2) is 0 Å². The van der Waals surface area contributed by atoms with Crippen LogP contribution in [0.1, 0.15) is 30.7 Å². The number of fused-ring (bicyclic) bond motifs is 2. The van der Waals surface area contributed by atoms with Crippen molar-refractivity contribution in [1.82, 2.24) is 9.55 Å². The van der Waals surface area contributed by atoms with Crippen molar-refractivity contribution in [1.29, 1.82) is 0 Å². The average molecular weight is 349 g/mol. The monoisotopic (exact) mass is 349 g/mol. The lowest BCUT2D eigenvalue weighted by molar-refractivity contribution is 0.0731. The predicted octanol–water partition coefficient (Wildman–Crippen LogP) is 4.33. The summed E-state index contributed by atoms with van der Waals surface area (Å²) in [5.74, 6) is 1.10. The molecule has 0 amide bonds. The summed E-state index contributed by atoms with van der Waals surface area (Å²) in [7, 11) is 0. The fourth-order valence-electron chi connectivity index (χ4n) is 3.91. The maximum absolute atomic E-state index is 5.76. The summed E-state index contributed by atoms with van der Waals surface area (Å²) in [6.07, 6.45) is 3.29. The van der Waals surface area contributed by atoms with E-state index in [2.05, 4.69) is 66.6 Å². The topological polar surface area (TPSA) is 30.3 Å². The zero-order chi connectivity index (χ0) is 18.1. The molecule has 0 radical (unpaired) electrons. The first kappa shape index (κ1) is 17.1. The zero-order valence-corrected chi connectivity index (χ0v) is 15.9. The van der Waals surface area contributed by atoms with Crippen molar-refractivity contribution in [3.63, 3.8) is 0 Å². The summed E-state index contributed by atoms with van der Waals surface area (Å²) in [6.45, 7) is 9.89. The molecule has 136 valence electrons. The molecule has 4 nitrogen and oxygen atoms in total. The van der Waals surface area contributed by atoms with E-state index in [0.717, 1.165) is 38.5 Å². The van der Waals surface area contributed by atoms with Crippen molar-refractivity contribution in [2.45, 2.75) is 46.4 Å². The quantitative estimate of drug-likeness (QED) is 0.687. The minimum Gasteiger partial charge on any atom is -0.377 e. The number of hydrogen-bond acceptors (Lipinski definition) is 3. The number of anilines is 1. The van der Waals surface area contributed by atoms with Crippen LogP contribution in [0.2, 0.25) is 0 Å². The standard InChI is InChI=1S/C22H27N3O/c1-16(2)26-13-12-25-17(3)14-20-21(25)8-10-23-22(20)24-11-9-18-6-4-5-7-19(18)15-24/h4-8,10,14,16H,9,11-13,15H2,1-3H3. The summed E-state index contributed by atoms with van der Waals surface area (Å²) < 4.78 is 8.11. The van der Waals surface area contributed by atoms with Crippen LogP contribution >= 0.6 is 0 Å². The number of aromatic nitrogens is 2. The molecule has 1 aliphatic heterocycles. The molecular formula is C22H27N3O. The summed E-state index contributed by atoms with van der Waals surface area (Å²) in [4.78, 5) is 7.16. The first-order valence-corrected chi connectivity index (χ1v) is 9.51. The van der Waals surface area contributed by atoms with Gasteiger partial charge >= 0.3 is 0 Å². The Balaban J connectivity index is 1.65. The van der Waals surface area contributed by atoms with Crippen molar-refractivity contribution in [3.05, 3.63) is 59.4 Å². The molecule has 0 saturated heterocycles. The van der Waals surface area contributed by atoms with Gasteiger partial charge in [0.1, 0.15) is 5.82 Å². The highest BCUT2D eigenvalue weighted by Crippen LogP contribution is 2.31. The Labute approximate surface area is 155 Å². The number of benzene rings is 1. The van der Waals surface area contributed by atoms with Crippen LogP contribution in [0.3, 0.4) is 0 Å². The summed E-state index contributed by atoms with van der Waals surface area (Å²) in [5, 5.41) is 1.24. The third-order valence-corrected chi connectivity index (χ3v) is 5.21. The van der Waals surface area contributed by atoms with Crippen molar-refractivity contribution < 1.29 is 4.74 Å². The molecule has 0 aliphatic carbocycles. The second-order valence-corrected chi connectivity index (χ2v) is 7.36. The van der Waals surface area contributed by atoms with Gasteiger partial charge in [-0.1, -0.05) is 24.3 Å². The SMILES string of the molecule is Cc1cc2c(N3CCc4ccccc4C3)nccc2n1CCOC(C)C. The number of hydrogen-bond donors (Lipinski definition) is 0. The first-order valence-electron chi connectivity index (χ1n) is 9.51. The molecule has 0 atom stereocenters. The van der Waals surface area contributed by atoms with Gasteiger partial charge in [-0.25, -0.2) is 4.98 Å². The lowest BCUT2D eigenvalue weighted by atomic mass is 10.00. The lowest BCUT2D eigenvalue weighted by Crippen LogP contribution is -2.31. The number of rotatable bonds is 5. The molecule has 0 fully saturated rings. The van der Waals surface area contributed by atoms with Gasteiger partial charge in [0.25, 0.3) is 0 Å². The fraction of sp³-hybridized carbons (Fsp3) is 0.409. The van der Waals surface area contributed by atoms with Crippen LogP contribution in [-0.4, -0.2) is 28.8 Å². The maximum Gasteiger partial charge on any atom is 0.138 e. The van der Waals surface area contributed by atoms with E-state index in [1.807, 2.05) is 6.20 Å². The van der Waals surface area contributed by atoms with E-state index in [4.69, 9.17) is 9.72 Å². The largest absolute Gasteiger partial charge is 0.377 e. The van der Waals surface area contributed by atoms with Gasteiger partial charge in [-0.2, -0.15) is 0 Å². The van der Waals surface area contributed by atoms with Gasteiger partial charge in [-0.05, 0) is 50.5 Å². The van der Waals surface area contributed by atoms with E-state index >= 15 is 0 Å². The smallest absolute Gasteiger partial charge is 0.138 e. The van der Waals surface area contributed by atoms with Gasteiger partial charge in [-0.3, -0.25) is 0 Å². The van der Waals surface area contributed by atoms with E-state index in [9.17, 15) is 0 Å². The van der Waals surface area contributed by atoms with E-state index in [1.165, 1.54) is 27.7 Å². The molecule has 4 rings (SSSR count). The van der Waals surface area contributed by atoms with Gasteiger partial charge in [0.05, 0.1) is 18.2 Å². The van der Waals surface area contributed by atoms with Crippen molar-refractivity contribution in [2.75, 3.05) is 18.1 Å². The molecule has 3 heterocycles. The molecular weight excluding hydrogens is 322 g/mol. The molecule has 1 aliphatic rings. The van der Waals surface area contributed by atoms with Crippen LogP contribution < -0.4 is 4.90 Å². The molecule has 0 bridgehead atoms. The minimum absolute atomic E-state index is 0.266. The molecule has 0 spiro atoms. The summed E-state index contributed by atoms with van der Waals surface area (Å²) in [5.41, 5.74) is 5.40. The van der Waals surface area contributed by atoms with Crippen LogP contribution in [0.25, 0.3) is 10.9 Å². The normalized spacial score (nSPS) is 14.2. The maximum atomic E-state index is 5.76. The molecule has 0 saturated carbocycles. The van der Waals surface area contributed by atoms with Crippen molar-refractivity contribution in [2.24, 2.45) is 0 Å². The Bertz CT molecular complexity index is 913. The molecule has 1 aromatic carbocycles. The average Bonchev–Trinajstić information content (AvgIpc) is 2.96. The highest BCUT2D eigenvalue weighted by Gasteiger charge is 2.20. The van der Waals surface area contributed by atoms with Gasteiger partial charge < -0.3 is 14.2 Å². The molecule has 3 aromatic rings. The third-order valence-electron chi connectivity index (χ3n) is 5.21. The van der Waals surface area contributed by atoms with Crippen LogP contribution in [0.4, 0.5) is 5.82 Å². The number of nitrogens with zero attached hydrogens (tertiary/aromatic N) is 3. The van der Waals surface area contributed by atoms with Crippen LogP contribution in [0, 0.1) is 6.92 Å². The molecule has 2 aromatic heterocycles. The number of pyridine rings is 1. The second-order valence-electron chi connectivity index (χ2n) is 7.36. The zero-order valence-electron chi connectivity index (χ0n) is 15.9. The van der Waals surface area contributed by atoms with E-state index in [0.29, 0.717) is 0 Å². The van der Waals surface area contributed by atoms with Gasteiger partial charge in [0.2, 0.25) is 0 Å². The Kier molecular flexibility index (Phi) is 4.68. The second kappa shape index (κ2) is 7.12. The highest BCUT2D eigenvalue weighted by molar-refractivity contribution is 5.91. The molecule has 4 heteroatoms. The molecule has 26 heavy (non-hydrogen) atoms. The van der Waals surface area contributed by atoms with E-state index in [1.54, 1.807) is 0 Å². The van der Waals surface area contributed by atoms with E-state index in [-0.39, 0.29) is 6.10 Å². The summed E-state index contributed by atoms with van der Waals surface area (Å²) >= 11 is 0. The van der Waals surface area contributed by atoms with Crippen LogP contribution in [0.15, 0.2) is 42.6 Å². The Hall–Kier alpha value is -2.33. The Morgan fingerprint density at radius 2 is 1.96 bits per heavy atom. The van der Waals surface area contributed by atoms with Gasteiger partial charge in [-0.15, -0.1) is 0 Å². The van der Waals surface area contributed by atoms with Crippen LogP contribution in [0.5, 0.6) is 0 Å². The lowest BCUT2D eigenvalue weighted by Gasteiger charge is -2.30. The van der Waals surface area contributed by atoms with Crippen molar-refractivity contribution >= 4 is 16.7 Å². The van der Waals surface area contributed by atoms with Crippen LogP contribution in [-0.2, 0) is 24.2 Å². The molecule has 0 N–H and O–H groups in total. The Morgan fingerprint density at radius 3 is 2.77 bits per heavy atom. The Morgan fingerprint density at radius 1 is 1.15 bits per heavy atom. The third kappa shape index (κ3) is 3.21. The highest BCUT2D eigenvalue weighted by atomic mass is 16.5. The number of ether oxygens (including phenoxy) is 1. The molecule has 0 unspecified atom stereocenters.